The normalized spacial score (nSPS) is 13.5. The molecule has 1 atom stereocenters. The average molecular weight is 279 g/mol. The van der Waals surface area contributed by atoms with E-state index in [0.717, 1.165) is 12.1 Å². The molecule has 0 spiro atoms. The van der Waals surface area contributed by atoms with Crippen molar-refractivity contribution in [3.63, 3.8) is 0 Å². The molecule has 0 radical (unpaired) electrons. The zero-order valence-corrected chi connectivity index (χ0v) is 10.4. The van der Waals surface area contributed by atoms with E-state index in [2.05, 4.69) is 4.98 Å². The summed E-state index contributed by atoms with van der Waals surface area (Å²) in [6.07, 6.45) is 1.33. The van der Waals surface area contributed by atoms with E-state index in [1.54, 1.807) is 6.07 Å². The molecule has 0 aliphatic heterocycles. The smallest absolute Gasteiger partial charge is 0.269 e. The summed E-state index contributed by atoms with van der Waals surface area (Å²) in [5.74, 6) is -0.00501. The number of hydrogen-bond donors (Lipinski definition) is 0. The topological polar surface area (TPSA) is 105 Å². The van der Waals surface area contributed by atoms with E-state index < -0.39 is 12.5 Å². The molecule has 0 aliphatic carbocycles. The lowest BCUT2D eigenvalue weighted by atomic mass is 10.3. The second-order valence-corrected chi connectivity index (χ2v) is 5.16. The first-order chi connectivity index (χ1) is 8.99. The van der Waals surface area contributed by atoms with Gasteiger partial charge in [0.25, 0.3) is 5.69 Å². The molecule has 0 N–H and O–H groups in total. The van der Waals surface area contributed by atoms with Gasteiger partial charge in [-0.15, -0.1) is 0 Å². The summed E-state index contributed by atoms with van der Waals surface area (Å²) in [7, 11) is -4.34. The van der Waals surface area contributed by atoms with Crippen LogP contribution in [0.1, 0.15) is 0 Å². The highest BCUT2D eigenvalue weighted by molar-refractivity contribution is 7.59. The van der Waals surface area contributed by atoms with Crippen molar-refractivity contribution in [3.05, 3.63) is 58.8 Å². The minimum Gasteiger partial charge on any atom is -0.764 e. The van der Waals surface area contributed by atoms with Crippen LogP contribution in [0.25, 0.3) is 0 Å². The molecule has 1 heterocycles. The lowest BCUT2D eigenvalue weighted by Crippen LogP contribution is -2.21. The van der Waals surface area contributed by atoms with Gasteiger partial charge in [-0.1, -0.05) is 6.07 Å². The molecule has 0 fully saturated rings. The number of nitro benzene ring substituents is 1. The minimum atomic E-state index is -4.34. The first-order valence-corrected chi connectivity index (χ1v) is 6.70. The summed E-state index contributed by atoms with van der Waals surface area (Å²) < 4.78 is 16.7. The molecule has 0 aliphatic rings. The van der Waals surface area contributed by atoms with Crippen molar-refractivity contribution >= 4 is 18.7 Å². The minimum absolute atomic E-state index is 0.00501. The largest absolute Gasteiger partial charge is 0.764 e. The van der Waals surface area contributed by atoms with E-state index in [9.17, 15) is 19.6 Å². The van der Waals surface area contributed by atoms with Gasteiger partial charge in [0, 0.05) is 18.3 Å². The number of pyridine rings is 1. The Morgan fingerprint density at radius 2 is 1.84 bits per heavy atom. The van der Waals surface area contributed by atoms with Crippen LogP contribution in [0.4, 0.5) is 5.69 Å². The highest BCUT2D eigenvalue weighted by atomic mass is 31.2. The van der Waals surface area contributed by atoms with Crippen LogP contribution in [0.5, 0.6) is 5.75 Å². The standard InChI is InChI=1S/C11H9N2O5P/c14-13(15)9-4-6-10(7-5-9)18-19(16,17)11-3-1-2-8-12-11/h1-8H,(H,16,17)/p-1. The van der Waals surface area contributed by atoms with Crippen LogP contribution in [0.15, 0.2) is 48.7 Å². The first-order valence-electron chi connectivity index (χ1n) is 5.16. The van der Waals surface area contributed by atoms with E-state index in [1.165, 1.54) is 30.5 Å². The maximum absolute atomic E-state index is 11.8. The van der Waals surface area contributed by atoms with Gasteiger partial charge in [-0.05, 0) is 24.3 Å². The van der Waals surface area contributed by atoms with Crippen molar-refractivity contribution < 1.29 is 18.9 Å². The van der Waals surface area contributed by atoms with Crippen molar-refractivity contribution in [2.45, 2.75) is 0 Å². The Balaban J connectivity index is 2.21. The fraction of sp³-hybridized carbons (Fsp3) is 0. The first kappa shape index (κ1) is 13.2. The van der Waals surface area contributed by atoms with Crippen molar-refractivity contribution in [3.8, 4) is 5.75 Å². The Bertz CT molecular complexity index is 629. The summed E-state index contributed by atoms with van der Waals surface area (Å²) in [6.45, 7) is 0. The van der Waals surface area contributed by atoms with Crippen molar-refractivity contribution in [1.82, 2.24) is 4.98 Å². The zero-order chi connectivity index (χ0) is 13.9. The van der Waals surface area contributed by atoms with Crippen LogP contribution in [0.3, 0.4) is 0 Å². The van der Waals surface area contributed by atoms with Gasteiger partial charge in [0.1, 0.15) is 11.2 Å². The molecule has 0 saturated heterocycles. The Morgan fingerprint density at radius 3 is 2.37 bits per heavy atom. The number of aromatic nitrogens is 1. The van der Waals surface area contributed by atoms with Crippen molar-refractivity contribution in [1.29, 1.82) is 0 Å². The van der Waals surface area contributed by atoms with Crippen LogP contribution < -0.4 is 14.9 Å². The van der Waals surface area contributed by atoms with Gasteiger partial charge in [-0.25, -0.2) is 0 Å². The summed E-state index contributed by atoms with van der Waals surface area (Å²) in [6, 6.07) is 9.15. The van der Waals surface area contributed by atoms with Crippen molar-refractivity contribution in [2.24, 2.45) is 0 Å². The molecule has 8 heteroatoms. The molecular formula is C11H8N2O5P-. The Hall–Kier alpha value is -2.24. The van der Waals surface area contributed by atoms with Gasteiger partial charge in [-0.3, -0.25) is 19.7 Å². The van der Waals surface area contributed by atoms with Crippen molar-refractivity contribution in [2.75, 3.05) is 0 Å². The second-order valence-electron chi connectivity index (χ2n) is 3.53. The maximum Gasteiger partial charge on any atom is 0.269 e. The molecule has 0 amide bonds. The zero-order valence-electron chi connectivity index (χ0n) is 9.50. The molecule has 0 saturated carbocycles. The third kappa shape index (κ3) is 3.15. The van der Waals surface area contributed by atoms with E-state index >= 15 is 0 Å². The van der Waals surface area contributed by atoms with Crippen LogP contribution in [0.2, 0.25) is 0 Å². The molecule has 0 bridgehead atoms. The van der Waals surface area contributed by atoms with E-state index in [-0.39, 0.29) is 16.9 Å². The molecule has 2 rings (SSSR count). The Kier molecular flexibility index (Phi) is 3.59. The monoisotopic (exact) mass is 279 g/mol. The van der Waals surface area contributed by atoms with Gasteiger partial charge in [0.15, 0.2) is 0 Å². The lowest BCUT2D eigenvalue weighted by molar-refractivity contribution is -0.384. The fourth-order valence-electron chi connectivity index (χ4n) is 1.33. The van der Waals surface area contributed by atoms with Gasteiger partial charge < -0.3 is 9.42 Å². The summed E-state index contributed by atoms with van der Waals surface area (Å²) in [4.78, 5) is 25.4. The van der Waals surface area contributed by atoms with Gasteiger partial charge in [0.05, 0.1) is 4.92 Å². The molecule has 1 aromatic heterocycles. The van der Waals surface area contributed by atoms with Crippen LogP contribution >= 0.6 is 7.60 Å². The molecule has 1 unspecified atom stereocenters. The molecule has 1 aromatic carbocycles. The number of rotatable bonds is 4. The lowest BCUT2D eigenvalue weighted by Gasteiger charge is -2.22. The van der Waals surface area contributed by atoms with Gasteiger partial charge >= 0.3 is 0 Å². The molecule has 19 heavy (non-hydrogen) atoms. The molecular weight excluding hydrogens is 271 g/mol. The highest BCUT2D eigenvalue weighted by Crippen LogP contribution is 2.36. The molecule has 7 nitrogen and oxygen atoms in total. The summed E-state index contributed by atoms with van der Waals surface area (Å²) in [5.41, 5.74) is -0.348. The molecule has 98 valence electrons. The Labute approximate surface area is 108 Å². The van der Waals surface area contributed by atoms with Gasteiger partial charge in [-0.2, -0.15) is 0 Å². The Morgan fingerprint density at radius 1 is 1.16 bits per heavy atom. The van der Waals surface area contributed by atoms with E-state index in [0.29, 0.717) is 0 Å². The summed E-state index contributed by atoms with van der Waals surface area (Å²) in [5, 5.41) is 10.5. The van der Waals surface area contributed by atoms with E-state index in [1.807, 2.05) is 0 Å². The van der Waals surface area contributed by atoms with E-state index in [4.69, 9.17) is 4.52 Å². The average Bonchev–Trinajstić information content (AvgIpc) is 2.40. The highest BCUT2D eigenvalue weighted by Gasteiger charge is 2.15. The maximum atomic E-state index is 11.8. The predicted molar refractivity (Wildman–Crippen MR) is 65.2 cm³/mol. The number of nitro groups is 1. The third-order valence-corrected chi connectivity index (χ3v) is 3.48. The predicted octanol–water partition coefficient (Wildman–Crippen LogP) is 1.25. The number of hydrogen-bond acceptors (Lipinski definition) is 6. The quantitative estimate of drug-likeness (QED) is 0.473. The number of non-ortho nitro benzene ring substituents is 1. The van der Waals surface area contributed by atoms with Gasteiger partial charge in [0.2, 0.25) is 7.60 Å². The van der Waals surface area contributed by atoms with Crippen LogP contribution in [0, 0.1) is 10.1 Å². The van der Waals surface area contributed by atoms with Crippen LogP contribution in [-0.2, 0) is 4.57 Å². The van der Waals surface area contributed by atoms with Crippen LogP contribution in [-0.4, -0.2) is 9.91 Å². The summed E-state index contributed by atoms with van der Waals surface area (Å²) >= 11 is 0. The fourth-order valence-corrected chi connectivity index (χ4v) is 2.30. The second kappa shape index (κ2) is 5.17. The number of nitrogens with zero attached hydrogens (tertiary/aromatic N) is 2. The SMILES string of the molecule is O=[N+]([O-])c1ccc(OP(=O)([O-])c2ccccn2)cc1. The number of benzene rings is 1. The molecule has 2 aromatic rings. The third-order valence-electron chi connectivity index (χ3n) is 2.20.